The molecule has 0 aliphatic heterocycles. The van der Waals surface area contributed by atoms with Gasteiger partial charge in [-0.05, 0) is 30.5 Å². The highest BCUT2D eigenvalue weighted by Crippen LogP contribution is 2.38. The van der Waals surface area contributed by atoms with E-state index in [0.29, 0.717) is 30.2 Å². The second kappa shape index (κ2) is 13.5. The first-order valence-corrected chi connectivity index (χ1v) is 9.39. The molecule has 28 heavy (non-hydrogen) atoms. The number of hydrogen-bond acceptors (Lipinski definition) is 6. The SMILES string of the molecule is CN=C(NCCCCCCC(=O)OC)NCc1cc(OC)c(OC)c(OC)c1. The fourth-order valence-electron chi connectivity index (χ4n) is 2.70. The van der Waals surface area contributed by atoms with E-state index in [4.69, 9.17) is 14.2 Å². The third-order valence-electron chi connectivity index (χ3n) is 4.24. The number of rotatable bonds is 12. The van der Waals surface area contributed by atoms with Crippen molar-refractivity contribution in [3.8, 4) is 17.2 Å². The fourth-order valence-corrected chi connectivity index (χ4v) is 2.70. The Bertz CT molecular complexity index is 609. The van der Waals surface area contributed by atoms with Gasteiger partial charge in [0.25, 0.3) is 0 Å². The van der Waals surface area contributed by atoms with Crippen LogP contribution in [0.15, 0.2) is 17.1 Å². The summed E-state index contributed by atoms with van der Waals surface area (Å²) in [5.41, 5.74) is 0.986. The average molecular weight is 396 g/mol. The predicted molar refractivity (Wildman–Crippen MR) is 109 cm³/mol. The number of guanidine groups is 1. The molecule has 158 valence electrons. The van der Waals surface area contributed by atoms with E-state index in [-0.39, 0.29) is 5.97 Å². The predicted octanol–water partition coefficient (Wildman–Crippen LogP) is 2.50. The van der Waals surface area contributed by atoms with E-state index in [0.717, 1.165) is 43.8 Å². The molecule has 0 aliphatic carbocycles. The van der Waals surface area contributed by atoms with Gasteiger partial charge in [0.2, 0.25) is 5.75 Å². The molecule has 2 N–H and O–H groups in total. The fraction of sp³-hybridized carbons (Fsp3) is 0.600. The number of benzene rings is 1. The zero-order chi connectivity index (χ0) is 20.8. The number of ether oxygens (including phenoxy) is 4. The van der Waals surface area contributed by atoms with Crippen LogP contribution >= 0.6 is 0 Å². The van der Waals surface area contributed by atoms with Gasteiger partial charge < -0.3 is 29.6 Å². The van der Waals surface area contributed by atoms with Crippen LogP contribution in [0.25, 0.3) is 0 Å². The standard InChI is InChI=1S/C20H33N3O5/c1-21-20(22-11-9-7-6-8-10-18(24)27-4)23-14-15-12-16(25-2)19(28-5)17(13-15)26-3/h12-13H,6-11,14H2,1-5H3,(H2,21,22,23). The molecule has 0 radical (unpaired) electrons. The van der Waals surface area contributed by atoms with Crippen molar-refractivity contribution in [2.24, 2.45) is 4.99 Å². The van der Waals surface area contributed by atoms with Crippen molar-refractivity contribution < 1.29 is 23.7 Å². The summed E-state index contributed by atoms with van der Waals surface area (Å²) in [6, 6.07) is 3.81. The summed E-state index contributed by atoms with van der Waals surface area (Å²) in [5, 5.41) is 6.57. The van der Waals surface area contributed by atoms with Gasteiger partial charge in [0.05, 0.1) is 28.4 Å². The average Bonchev–Trinajstić information content (AvgIpc) is 2.73. The molecular formula is C20H33N3O5. The second-order valence-corrected chi connectivity index (χ2v) is 6.13. The number of nitrogens with one attached hydrogen (secondary N) is 2. The third-order valence-corrected chi connectivity index (χ3v) is 4.24. The van der Waals surface area contributed by atoms with Gasteiger partial charge in [-0.25, -0.2) is 0 Å². The summed E-state index contributed by atoms with van der Waals surface area (Å²) < 4.78 is 20.7. The monoisotopic (exact) mass is 395 g/mol. The van der Waals surface area contributed by atoms with Gasteiger partial charge in [0.1, 0.15) is 0 Å². The maximum atomic E-state index is 11.1. The third kappa shape index (κ3) is 7.94. The van der Waals surface area contributed by atoms with Crippen molar-refractivity contribution in [1.29, 1.82) is 0 Å². The summed E-state index contributed by atoms with van der Waals surface area (Å²) >= 11 is 0. The quantitative estimate of drug-likeness (QED) is 0.243. The maximum absolute atomic E-state index is 11.1. The number of aliphatic imine (C=N–C) groups is 1. The molecule has 8 heteroatoms. The van der Waals surface area contributed by atoms with Crippen molar-refractivity contribution in [2.45, 2.75) is 38.6 Å². The van der Waals surface area contributed by atoms with Gasteiger partial charge in [-0.2, -0.15) is 0 Å². The summed E-state index contributed by atoms with van der Waals surface area (Å²) in [6.07, 6.45) is 4.41. The summed E-state index contributed by atoms with van der Waals surface area (Å²) in [7, 11) is 7.93. The Labute approximate surface area is 167 Å². The summed E-state index contributed by atoms with van der Waals surface area (Å²) in [5.74, 6) is 2.39. The normalized spacial score (nSPS) is 11.0. The van der Waals surface area contributed by atoms with E-state index >= 15 is 0 Å². The van der Waals surface area contributed by atoms with Gasteiger partial charge in [0, 0.05) is 26.6 Å². The zero-order valence-corrected chi connectivity index (χ0v) is 17.6. The highest BCUT2D eigenvalue weighted by molar-refractivity contribution is 5.79. The van der Waals surface area contributed by atoms with Crippen molar-refractivity contribution in [1.82, 2.24) is 10.6 Å². The first-order chi connectivity index (χ1) is 13.6. The Morgan fingerprint density at radius 3 is 2.11 bits per heavy atom. The molecule has 0 spiro atoms. The molecule has 1 rings (SSSR count). The Morgan fingerprint density at radius 2 is 1.57 bits per heavy atom. The van der Waals surface area contributed by atoms with E-state index in [9.17, 15) is 4.79 Å². The maximum Gasteiger partial charge on any atom is 0.305 e. The molecule has 0 fully saturated rings. The van der Waals surface area contributed by atoms with Crippen LogP contribution in [0.4, 0.5) is 0 Å². The van der Waals surface area contributed by atoms with Gasteiger partial charge >= 0.3 is 5.97 Å². The van der Waals surface area contributed by atoms with Crippen LogP contribution in [0.3, 0.4) is 0 Å². The molecular weight excluding hydrogens is 362 g/mol. The first kappa shape index (κ1) is 23.4. The number of carbonyl (C=O) groups is 1. The van der Waals surface area contributed by atoms with Gasteiger partial charge in [-0.15, -0.1) is 0 Å². The smallest absolute Gasteiger partial charge is 0.305 e. The molecule has 0 aromatic heterocycles. The molecule has 1 aromatic rings. The van der Waals surface area contributed by atoms with E-state index < -0.39 is 0 Å². The number of hydrogen-bond donors (Lipinski definition) is 2. The molecule has 0 aliphatic rings. The number of esters is 1. The minimum Gasteiger partial charge on any atom is -0.493 e. The van der Waals surface area contributed by atoms with E-state index in [1.807, 2.05) is 12.1 Å². The molecule has 0 bridgehead atoms. The van der Waals surface area contributed by atoms with Gasteiger partial charge in [-0.3, -0.25) is 9.79 Å². The van der Waals surface area contributed by atoms with Crippen LogP contribution in [-0.2, 0) is 16.1 Å². The lowest BCUT2D eigenvalue weighted by atomic mass is 10.1. The van der Waals surface area contributed by atoms with Crippen molar-refractivity contribution in [2.75, 3.05) is 42.0 Å². The van der Waals surface area contributed by atoms with Crippen LogP contribution in [0, 0.1) is 0 Å². The van der Waals surface area contributed by atoms with Crippen molar-refractivity contribution in [3.05, 3.63) is 17.7 Å². The largest absolute Gasteiger partial charge is 0.493 e. The molecule has 0 heterocycles. The number of methoxy groups -OCH3 is 4. The highest BCUT2D eigenvalue weighted by Gasteiger charge is 2.13. The molecule has 0 saturated heterocycles. The Morgan fingerprint density at radius 1 is 0.929 bits per heavy atom. The summed E-state index contributed by atoms with van der Waals surface area (Å²) in [4.78, 5) is 15.3. The van der Waals surface area contributed by atoms with Crippen molar-refractivity contribution >= 4 is 11.9 Å². The molecule has 8 nitrogen and oxygen atoms in total. The Hall–Kier alpha value is -2.64. The minimum atomic E-state index is -0.144. The van der Waals surface area contributed by atoms with E-state index in [1.54, 1.807) is 28.4 Å². The highest BCUT2D eigenvalue weighted by atomic mass is 16.5. The molecule has 0 saturated carbocycles. The minimum absolute atomic E-state index is 0.144. The number of nitrogens with zero attached hydrogens (tertiary/aromatic N) is 1. The Kier molecular flexibility index (Phi) is 11.3. The number of carbonyl (C=O) groups excluding carboxylic acids is 1. The summed E-state index contributed by atoms with van der Waals surface area (Å²) in [6.45, 7) is 1.38. The van der Waals surface area contributed by atoms with E-state index in [2.05, 4.69) is 20.4 Å². The van der Waals surface area contributed by atoms with Crippen LogP contribution in [0.5, 0.6) is 17.2 Å². The lowest BCUT2D eigenvalue weighted by Crippen LogP contribution is -2.37. The molecule has 0 atom stereocenters. The second-order valence-electron chi connectivity index (χ2n) is 6.13. The lowest BCUT2D eigenvalue weighted by molar-refractivity contribution is -0.140. The first-order valence-electron chi connectivity index (χ1n) is 9.39. The topological polar surface area (TPSA) is 90.4 Å². The molecule has 0 amide bonds. The van der Waals surface area contributed by atoms with Gasteiger partial charge in [0.15, 0.2) is 17.5 Å². The van der Waals surface area contributed by atoms with Crippen LogP contribution < -0.4 is 24.8 Å². The molecule has 1 aromatic carbocycles. The molecule has 0 unspecified atom stereocenters. The van der Waals surface area contributed by atoms with E-state index in [1.165, 1.54) is 7.11 Å². The van der Waals surface area contributed by atoms with Gasteiger partial charge in [-0.1, -0.05) is 12.8 Å². The zero-order valence-electron chi connectivity index (χ0n) is 17.6. The van der Waals surface area contributed by atoms with Crippen molar-refractivity contribution in [3.63, 3.8) is 0 Å². The number of unbranched alkanes of at least 4 members (excludes halogenated alkanes) is 3. The van der Waals surface area contributed by atoms with Crippen LogP contribution in [0.2, 0.25) is 0 Å². The Balaban J connectivity index is 2.41. The van der Waals surface area contributed by atoms with Crippen LogP contribution in [-0.4, -0.2) is 54.0 Å². The van der Waals surface area contributed by atoms with Crippen LogP contribution in [0.1, 0.15) is 37.7 Å². The lowest BCUT2D eigenvalue weighted by Gasteiger charge is -2.16.